The van der Waals surface area contributed by atoms with E-state index < -0.39 is 10.0 Å². The molecule has 1 fully saturated rings. The third-order valence-electron chi connectivity index (χ3n) is 4.49. The molecule has 7 heteroatoms. The first-order chi connectivity index (χ1) is 11.9. The lowest BCUT2D eigenvalue weighted by molar-refractivity contribution is 0.0838. The third-order valence-corrected chi connectivity index (χ3v) is 6.83. The standard InChI is InChI=1S/C18H21ClN2O3S/c1-12-6-4-5-7-16(12)25(22,23)21(19)17-11-10-15(13(2)20-17)18(24-3)14-8-9-14/h4-7,10-11,14,18H,8-9H2,1-3H3. The lowest BCUT2D eigenvalue weighted by Gasteiger charge is -2.20. The van der Waals surface area contributed by atoms with E-state index in [0.717, 1.165) is 24.1 Å². The zero-order valence-electron chi connectivity index (χ0n) is 14.4. The zero-order chi connectivity index (χ0) is 18.2. The number of aromatic nitrogens is 1. The van der Waals surface area contributed by atoms with Crippen molar-refractivity contribution in [1.82, 2.24) is 4.98 Å². The van der Waals surface area contributed by atoms with E-state index in [4.69, 9.17) is 16.5 Å². The fourth-order valence-electron chi connectivity index (χ4n) is 2.98. The summed E-state index contributed by atoms with van der Waals surface area (Å²) in [4.78, 5) is 4.58. The molecule has 0 saturated heterocycles. The molecule has 0 spiro atoms. The van der Waals surface area contributed by atoms with Gasteiger partial charge >= 0.3 is 0 Å². The molecule has 25 heavy (non-hydrogen) atoms. The van der Waals surface area contributed by atoms with Gasteiger partial charge in [0.25, 0.3) is 10.0 Å². The quantitative estimate of drug-likeness (QED) is 0.706. The number of hydrogen-bond acceptors (Lipinski definition) is 4. The smallest absolute Gasteiger partial charge is 0.279 e. The van der Waals surface area contributed by atoms with Crippen molar-refractivity contribution in [2.45, 2.75) is 37.7 Å². The Morgan fingerprint density at radius 2 is 1.88 bits per heavy atom. The van der Waals surface area contributed by atoms with Gasteiger partial charge in [-0.05, 0) is 50.3 Å². The van der Waals surface area contributed by atoms with Gasteiger partial charge in [0.15, 0.2) is 5.82 Å². The molecule has 1 unspecified atom stereocenters. The Bertz CT molecular complexity index is 882. The second-order valence-corrected chi connectivity index (χ2v) is 8.62. The summed E-state index contributed by atoms with van der Waals surface area (Å²) in [5, 5.41) is 0. The molecule has 0 amide bonds. The van der Waals surface area contributed by atoms with Crippen LogP contribution in [0.5, 0.6) is 0 Å². The summed E-state index contributed by atoms with van der Waals surface area (Å²) in [5.41, 5.74) is 2.34. The van der Waals surface area contributed by atoms with Crippen molar-refractivity contribution in [3.63, 3.8) is 0 Å². The molecule has 1 aromatic carbocycles. The van der Waals surface area contributed by atoms with Gasteiger partial charge in [0, 0.05) is 30.1 Å². The van der Waals surface area contributed by atoms with Gasteiger partial charge in [-0.3, -0.25) is 0 Å². The van der Waals surface area contributed by atoms with Gasteiger partial charge in [-0.25, -0.2) is 4.98 Å². The fourth-order valence-corrected chi connectivity index (χ4v) is 4.55. The van der Waals surface area contributed by atoms with Crippen LogP contribution >= 0.6 is 11.8 Å². The molecule has 1 atom stereocenters. The number of benzene rings is 1. The van der Waals surface area contributed by atoms with E-state index >= 15 is 0 Å². The third kappa shape index (κ3) is 3.52. The first-order valence-electron chi connectivity index (χ1n) is 8.13. The van der Waals surface area contributed by atoms with Crippen molar-refractivity contribution in [1.29, 1.82) is 0 Å². The molecule has 0 N–H and O–H groups in total. The highest BCUT2D eigenvalue weighted by Crippen LogP contribution is 2.44. The van der Waals surface area contributed by atoms with Crippen molar-refractivity contribution >= 4 is 27.6 Å². The lowest BCUT2D eigenvalue weighted by Crippen LogP contribution is -2.23. The Balaban J connectivity index is 1.94. The Morgan fingerprint density at radius 3 is 2.44 bits per heavy atom. The Hall–Kier alpha value is -1.63. The highest BCUT2D eigenvalue weighted by atomic mass is 35.5. The molecule has 0 radical (unpaired) electrons. The molecule has 1 aliphatic rings. The molecule has 2 aromatic rings. The van der Waals surface area contributed by atoms with Gasteiger partial charge in [0.05, 0.1) is 11.0 Å². The summed E-state index contributed by atoms with van der Waals surface area (Å²) in [7, 11) is -2.19. The van der Waals surface area contributed by atoms with Gasteiger partial charge < -0.3 is 4.74 Å². The topological polar surface area (TPSA) is 59.5 Å². The molecule has 3 rings (SSSR count). The van der Waals surface area contributed by atoms with E-state index in [1.54, 1.807) is 38.3 Å². The van der Waals surface area contributed by atoms with Gasteiger partial charge in [-0.1, -0.05) is 24.3 Å². The van der Waals surface area contributed by atoms with E-state index in [0.29, 0.717) is 15.3 Å². The maximum Gasteiger partial charge on any atom is 0.279 e. The number of methoxy groups -OCH3 is 1. The molecule has 1 saturated carbocycles. The van der Waals surface area contributed by atoms with Crippen LogP contribution < -0.4 is 3.82 Å². The maximum atomic E-state index is 12.8. The minimum Gasteiger partial charge on any atom is -0.376 e. The number of halogens is 1. The van der Waals surface area contributed by atoms with Gasteiger partial charge in [-0.15, -0.1) is 0 Å². The zero-order valence-corrected chi connectivity index (χ0v) is 16.0. The molecule has 0 bridgehead atoms. The predicted molar refractivity (Wildman–Crippen MR) is 98.1 cm³/mol. The highest BCUT2D eigenvalue weighted by molar-refractivity contribution is 7.94. The number of pyridine rings is 1. The van der Waals surface area contributed by atoms with Crippen molar-refractivity contribution in [3.8, 4) is 0 Å². The van der Waals surface area contributed by atoms with Crippen molar-refractivity contribution in [3.05, 3.63) is 53.2 Å². The number of aryl methyl sites for hydroxylation is 2. The van der Waals surface area contributed by atoms with Gasteiger partial charge in [-0.2, -0.15) is 12.2 Å². The number of hydrogen-bond donors (Lipinski definition) is 0. The first-order valence-corrected chi connectivity index (χ1v) is 9.91. The van der Waals surface area contributed by atoms with Crippen LogP contribution in [-0.2, 0) is 14.8 Å². The number of rotatable bonds is 6. The molecule has 1 aliphatic carbocycles. The molecule has 1 heterocycles. The molecular formula is C18H21ClN2O3S. The fraction of sp³-hybridized carbons (Fsp3) is 0.389. The van der Waals surface area contributed by atoms with Crippen molar-refractivity contribution < 1.29 is 13.2 Å². The summed E-state index contributed by atoms with van der Waals surface area (Å²) < 4.78 is 31.9. The Morgan fingerprint density at radius 1 is 1.20 bits per heavy atom. The van der Waals surface area contributed by atoms with E-state index in [1.807, 2.05) is 13.0 Å². The summed E-state index contributed by atoms with van der Waals surface area (Å²) in [5.74, 6) is 0.691. The number of anilines is 1. The normalized spacial score (nSPS) is 15.8. The first kappa shape index (κ1) is 18.2. The van der Waals surface area contributed by atoms with E-state index in [-0.39, 0.29) is 16.8 Å². The van der Waals surface area contributed by atoms with E-state index in [1.165, 1.54) is 6.07 Å². The summed E-state index contributed by atoms with van der Waals surface area (Å²) in [6.07, 6.45) is 2.28. The molecule has 0 aliphatic heterocycles. The van der Waals surface area contributed by atoms with Crippen LogP contribution in [0, 0.1) is 19.8 Å². The number of ether oxygens (including phenoxy) is 1. The highest BCUT2D eigenvalue weighted by Gasteiger charge is 2.34. The van der Waals surface area contributed by atoms with Gasteiger partial charge in [0.1, 0.15) is 0 Å². The van der Waals surface area contributed by atoms with Crippen molar-refractivity contribution in [2.75, 3.05) is 10.9 Å². The summed E-state index contributed by atoms with van der Waals surface area (Å²) in [6.45, 7) is 3.58. The second kappa shape index (κ2) is 6.94. The summed E-state index contributed by atoms with van der Waals surface area (Å²) >= 11 is 6.17. The predicted octanol–water partition coefficient (Wildman–Crippen LogP) is 4.15. The second-order valence-electron chi connectivity index (χ2n) is 6.32. The summed E-state index contributed by atoms with van der Waals surface area (Å²) in [6, 6.07) is 10.2. The largest absolute Gasteiger partial charge is 0.376 e. The van der Waals surface area contributed by atoms with Crippen LogP contribution in [0.15, 0.2) is 41.3 Å². The average Bonchev–Trinajstić information content (AvgIpc) is 3.41. The molecular weight excluding hydrogens is 360 g/mol. The number of nitrogens with zero attached hydrogens (tertiary/aromatic N) is 2. The molecule has 134 valence electrons. The van der Waals surface area contributed by atoms with Crippen LogP contribution in [0.2, 0.25) is 0 Å². The van der Waals surface area contributed by atoms with Gasteiger partial charge in [0.2, 0.25) is 0 Å². The molecule has 5 nitrogen and oxygen atoms in total. The van der Waals surface area contributed by atoms with Crippen LogP contribution in [0.4, 0.5) is 5.82 Å². The minimum absolute atomic E-state index is 0.00157. The lowest BCUT2D eigenvalue weighted by atomic mass is 10.0. The van der Waals surface area contributed by atoms with Crippen LogP contribution in [0.1, 0.15) is 35.8 Å². The minimum atomic E-state index is -3.88. The van der Waals surface area contributed by atoms with Crippen LogP contribution in [-0.4, -0.2) is 20.5 Å². The monoisotopic (exact) mass is 380 g/mol. The average molecular weight is 381 g/mol. The maximum absolute atomic E-state index is 12.8. The molecule has 1 aromatic heterocycles. The Kier molecular flexibility index (Phi) is 5.04. The van der Waals surface area contributed by atoms with Crippen LogP contribution in [0.3, 0.4) is 0 Å². The van der Waals surface area contributed by atoms with Crippen LogP contribution in [0.25, 0.3) is 0 Å². The van der Waals surface area contributed by atoms with E-state index in [2.05, 4.69) is 4.98 Å². The van der Waals surface area contributed by atoms with E-state index in [9.17, 15) is 8.42 Å². The SMILES string of the molecule is COC(c1ccc(N(Cl)S(=O)(=O)c2ccccc2C)nc1C)C1CC1. The van der Waals surface area contributed by atoms with Crippen molar-refractivity contribution in [2.24, 2.45) is 5.92 Å². The Labute approximate surface area is 153 Å². The number of sulfonamides is 1.